The lowest BCUT2D eigenvalue weighted by Crippen LogP contribution is -2.36. The number of hydrogen-bond donors (Lipinski definition) is 2. The minimum absolute atomic E-state index is 0.204. The monoisotopic (exact) mass is 452 g/mol. The number of carbonyl (C=O) groups excluding carboxylic acids is 1. The van der Waals surface area contributed by atoms with Gasteiger partial charge in [0.1, 0.15) is 11.9 Å². The molecule has 0 amide bonds. The van der Waals surface area contributed by atoms with Gasteiger partial charge in [0.15, 0.2) is 5.69 Å². The molecule has 0 heterocycles. The predicted octanol–water partition coefficient (Wildman–Crippen LogP) is 4.40. The number of aliphatic hydroxyl groups is 1. The van der Waals surface area contributed by atoms with E-state index in [1.807, 2.05) is 22.6 Å². The van der Waals surface area contributed by atoms with Gasteiger partial charge in [0, 0.05) is 22.1 Å². The van der Waals surface area contributed by atoms with Crippen LogP contribution in [0.25, 0.3) is 4.85 Å². The van der Waals surface area contributed by atoms with Crippen molar-refractivity contribution in [3.63, 3.8) is 0 Å². The number of ether oxygens (including phenoxy) is 1. The summed E-state index contributed by atoms with van der Waals surface area (Å²) < 4.78 is 20.2. The van der Waals surface area contributed by atoms with Crippen LogP contribution in [-0.2, 0) is 4.74 Å². The molecule has 0 atom stereocenters. The summed E-state index contributed by atoms with van der Waals surface area (Å²) in [7, 11) is 0. The molecular weight excluding hydrogens is 438 g/mol. The van der Waals surface area contributed by atoms with Crippen LogP contribution >= 0.6 is 22.6 Å². The van der Waals surface area contributed by atoms with Crippen molar-refractivity contribution in [3.8, 4) is 0 Å². The summed E-state index contributed by atoms with van der Waals surface area (Å²) in [5.74, 6) is -1.02. The van der Waals surface area contributed by atoms with Crippen LogP contribution < -0.4 is 5.32 Å². The SMILES string of the molecule is [C-]#[N+]c1ccc(C(=O)OC2CC(O)C2)c(Nc2ccc(I)cc2F)c1. The van der Waals surface area contributed by atoms with E-state index < -0.39 is 17.9 Å². The normalized spacial score (nSPS) is 18.8. The molecule has 0 spiro atoms. The molecule has 1 aliphatic rings. The van der Waals surface area contributed by atoms with Gasteiger partial charge in [-0.1, -0.05) is 12.1 Å². The minimum atomic E-state index is -0.568. The summed E-state index contributed by atoms with van der Waals surface area (Å²) in [6.45, 7) is 7.12. The molecule has 0 aromatic heterocycles. The molecule has 3 rings (SSSR count). The highest BCUT2D eigenvalue weighted by Gasteiger charge is 2.31. The Hall–Kier alpha value is -2.18. The van der Waals surface area contributed by atoms with Crippen LogP contribution in [0, 0.1) is 16.0 Å². The predicted molar refractivity (Wildman–Crippen MR) is 99.5 cm³/mol. The molecule has 25 heavy (non-hydrogen) atoms. The standard InChI is InChI=1S/C18H14FIN2O3/c1-21-11-3-4-14(18(24)25-13-8-12(23)9-13)17(7-11)22-16-5-2-10(20)6-15(16)19/h2-7,12-13,22-23H,8-9H2. The quantitative estimate of drug-likeness (QED) is 0.410. The van der Waals surface area contributed by atoms with E-state index in [0.29, 0.717) is 24.2 Å². The van der Waals surface area contributed by atoms with Crippen molar-refractivity contribution in [2.75, 3.05) is 5.32 Å². The Morgan fingerprint density at radius 2 is 2.04 bits per heavy atom. The molecule has 0 unspecified atom stereocenters. The highest BCUT2D eigenvalue weighted by Crippen LogP contribution is 2.30. The number of halogens is 2. The summed E-state index contributed by atoms with van der Waals surface area (Å²) in [5.41, 5.74) is 1.05. The summed E-state index contributed by atoms with van der Waals surface area (Å²) in [6.07, 6.45) is 0.0903. The molecule has 1 saturated carbocycles. The molecule has 2 N–H and O–H groups in total. The Morgan fingerprint density at radius 3 is 2.68 bits per heavy atom. The van der Waals surface area contributed by atoms with Crippen LogP contribution in [0.15, 0.2) is 36.4 Å². The van der Waals surface area contributed by atoms with E-state index in [1.165, 1.54) is 24.3 Å². The Morgan fingerprint density at radius 1 is 1.28 bits per heavy atom. The van der Waals surface area contributed by atoms with Gasteiger partial charge >= 0.3 is 5.97 Å². The number of esters is 1. The molecule has 1 fully saturated rings. The first-order valence-electron chi connectivity index (χ1n) is 7.59. The fourth-order valence-corrected chi connectivity index (χ4v) is 2.92. The van der Waals surface area contributed by atoms with Crippen LogP contribution in [0.1, 0.15) is 23.2 Å². The Labute approximate surface area is 157 Å². The van der Waals surface area contributed by atoms with Gasteiger partial charge in [0.25, 0.3) is 0 Å². The molecule has 1 aliphatic carbocycles. The molecule has 0 radical (unpaired) electrons. The average Bonchev–Trinajstić information content (AvgIpc) is 2.55. The zero-order valence-electron chi connectivity index (χ0n) is 13.0. The van der Waals surface area contributed by atoms with E-state index >= 15 is 0 Å². The Kier molecular flexibility index (Phi) is 5.20. The molecule has 7 heteroatoms. The lowest BCUT2D eigenvalue weighted by molar-refractivity contribution is -0.0465. The highest BCUT2D eigenvalue weighted by molar-refractivity contribution is 14.1. The third kappa shape index (κ3) is 4.08. The van der Waals surface area contributed by atoms with E-state index in [1.54, 1.807) is 12.1 Å². The van der Waals surface area contributed by atoms with E-state index in [-0.39, 0.29) is 17.4 Å². The van der Waals surface area contributed by atoms with Crippen LogP contribution in [0.5, 0.6) is 0 Å². The molecule has 128 valence electrons. The topological polar surface area (TPSA) is 62.9 Å². The van der Waals surface area contributed by atoms with Crippen LogP contribution in [-0.4, -0.2) is 23.3 Å². The zero-order valence-corrected chi connectivity index (χ0v) is 15.2. The van der Waals surface area contributed by atoms with Crippen molar-refractivity contribution in [3.05, 3.63) is 62.8 Å². The summed E-state index contributed by atoms with van der Waals surface area (Å²) in [4.78, 5) is 15.7. The number of carbonyl (C=O) groups is 1. The summed E-state index contributed by atoms with van der Waals surface area (Å²) in [5, 5.41) is 12.2. The highest BCUT2D eigenvalue weighted by atomic mass is 127. The van der Waals surface area contributed by atoms with E-state index in [0.717, 1.165) is 3.57 Å². The number of nitrogens with zero attached hydrogens (tertiary/aromatic N) is 1. The third-order valence-corrected chi connectivity index (χ3v) is 4.57. The van der Waals surface area contributed by atoms with Crippen LogP contribution in [0.2, 0.25) is 0 Å². The smallest absolute Gasteiger partial charge is 0.340 e. The second-order valence-electron chi connectivity index (χ2n) is 5.74. The number of benzene rings is 2. The second-order valence-corrected chi connectivity index (χ2v) is 6.99. The fraction of sp³-hybridized carbons (Fsp3) is 0.222. The fourth-order valence-electron chi connectivity index (χ4n) is 2.47. The Balaban J connectivity index is 1.88. The van der Waals surface area contributed by atoms with Crippen LogP contribution in [0.3, 0.4) is 0 Å². The first-order valence-corrected chi connectivity index (χ1v) is 8.67. The van der Waals surface area contributed by atoms with Crippen LogP contribution in [0.4, 0.5) is 21.5 Å². The Bertz CT molecular complexity index is 860. The van der Waals surface area contributed by atoms with Gasteiger partial charge in [-0.3, -0.25) is 0 Å². The number of nitrogens with one attached hydrogen (secondary N) is 1. The van der Waals surface area contributed by atoms with Gasteiger partial charge in [0.05, 0.1) is 23.9 Å². The van der Waals surface area contributed by atoms with E-state index in [2.05, 4.69) is 10.2 Å². The maximum atomic E-state index is 14.1. The summed E-state index contributed by atoms with van der Waals surface area (Å²) >= 11 is 2.01. The van der Waals surface area contributed by atoms with Gasteiger partial charge < -0.3 is 15.2 Å². The maximum Gasteiger partial charge on any atom is 0.340 e. The molecule has 0 aliphatic heterocycles. The molecule has 2 aromatic rings. The van der Waals surface area contributed by atoms with Crippen molar-refractivity contribution < 1.29 is 19.0 Å². The van der Waals surface area contributed by atoms with Gasteiger partial charge in [-0.15, -0.1) is 0 Å². The number of hydrogen-bond acceptors (Lipinski definition) is 4. The van der Waals surface area contributed by atoms with Crippen molar-refractivity contribution in [2.45, 2.75) is 25.0 Å². The minimum Gasteiger partial charge on any atom is -0.459 e. The van der Waals surface area contributed by atoms with Crippen molar-refractivity contribution in [1.82, 2.24) is 0 Å². The van der Waals surface area contributed by atoms with Gasteiger partial charge in [-0.05, 0) is 46.9 Å². The van der Waals surface area contributed by atoms with E-state index in [9.17, 15) is 14.3 Å². The molecule has 0 saturated heterocycles. The van der Waals surface area contributed by atoms with Gasteiger partial charge in [0.2, 0.25) is 0 Å². The lowest BCUT2D eigenvalue weighted by Gasteiger charge is -2.30. The average molecular weight is 452 g/mol. The van der Waals surface area contributed by atoms with Gasteiger partial charge in [-0.2, -0.15) is 0 Å². The van der Waals surface area contributed by atoms with Crippen molar-refractivity contribution in [1.29, 1.82) is 0 Å². The number of anilines is 2. The molecule has 2 aromatic carbocycles. The van der Waals surface area contributed by atoms with Crippen molar-refractivity contribution in [2.24, 2.45) is 0 Å². The number of aliphatic hydroxyl groups excluding tert-OH is 1. The first-order chi connectivity index (χ1) is 12.0. The molecular formula is C18H14FIN2O3. The van der Waals surface area contributed by atoms with Gasteiger partial charge in [-0.25, -0.2) is 14.0 Å². The van der Waals surface area contributed by atoms with E-state index in [4.69, 9.17) is 11.3 Å². The summed E-state index contributed by atoms with van der Waals surface area (Å²) in [6, 6.07) is 9.15. The molecule has 0 bridgehead atoms. The third-order valence-electron chi connectivity index (χ3n) is 3.90. The second kappa shape index (κ2) is 7.37. The largest absolute Gasteiger partial charge is 0.459 e. The zero-order chi connectivity index (χ0) is 18.0. The lowest BCUT2D eigenvalue weighted by atomic mass is 9.92. The molecule has 5 nitrogen and oxygen atoms in total. The first kappa shape index (κ1) is 17.6. The maximum absolute atomic E-state index is 14.1. The van der Waals surface area contributed by atoms with Crippen molar-refractivity contribution >= 4 is 45.6 Å². The number of rotatable bonds is 4.